The lowest BCUT2D eigenvalue weighted by atomic mass is 9.87. The summed E-state index contributed by atoms with van der Waals surface area (Å²) in [7, 11) is 1.66. The molecule has 0 rings (SSSR count). The van der Waals surface area contributed by atoms with Crippen molar-refractivity contribution in [2.75, 3.05) is 20.1 Å². The van der Waals surface area contributed by atoms with Crippen LogP contribution in [0, 0.1) is 17.8 Å². The van der Waals surface area contributed by atoms with Crippen LogP contribution in [0.5, 0.6) is 0 Å². The molecule has 18 heavy (non-hydrogen) atoms. The molecule has 0 aromatic heterocycles. The normalized spacial score (nSPS) is 12.4. The maximum atomic E-state index is 12.1. The van der Waals surface area contributed by atoms with Crippen LogP contribution < -0.4 is 0 Å². The number of hydrogen-bond donors (Lipinski definition) is 1. The van der Waals surface area contributed by atoms with Crippen molar-refractivity contribution in [1.82, 2.24) is 9.80 Å². The minimum atomic E-state index is -1.07. The Bertz CT molecular complexity index is 352. The third kappa shape index (κ3) is 4.66. The Labute approximate surface area is 109 Å². The average Bonchev–Trinajstić information content (AvgIpc) is 2.23. The number of rotatable bonds is 4. The Hall–Kier alpha value is -1.70. The fraction of sp³-hybridized carbons (Fsp3) is 0.692. The van der Waals surface area contributed by atoms with Crippen LogP contribution in [0.1, 0.15) is 27.7 Å². The van der Waals surface area contributed by atoms with Gasteiger partial charge in [-0.05, 0) is 12.3 Å². The molecule has 0 aromatic rings. The van der Waals surface area contributed by atoms with Gasteiger partial charge in [-0.3, -0.25) is 4.79 Å². The van der Waals surface area contributed by atoms with E-state index in [1.54, 1.807) is 7.05 Å². The molecule has 0 spiro atoms. The van der Waals surface area contributed by atoms with Gasteiger partial charge in [0.25, 0.3) is 0 Å². The topological polar surface area (TPSA) is 60.9 Å². The highest BCUT2D eigenvalue weighted by Crippen LogP contribution is 2.23. The highest BCUT2D eigenvalue weighted by molar-refractivity contribution is 5.80. The predicted molar refractivity (Wildman–Crippen MR) is 70.1 cm³/mol. The minimum Gasteiger partial charge on any atom is -0.480 e. The monoisotopic (exact) mass is 254 g/mol. The van der Waals surface area contributed by atoms with Crippen LogP contribution >= 0.6 is 0 Å². The molecule has 2 amide bonds. The van der Waals surface area contributed by atoms with E-state index in [0.717, 1.165) is 4.90 Å². The van der Waals surface area contributed by atoms with Crippen molar-refractivity contribution >= 4 is 12.0 Å². The van der Waals surface area contributed by atoms with E-state index in [2.05, 4.69) is 5.92 Å². The van der Waals surface area contributed by atoms with Gasteiger partial charge in [-0.15, -0.1) is 6.42 Å². The van der Waals surface area contributed by atoms with Crippen LogP contribution in [-0.2, 0) is 4.79 Å². The first-order valence-corrected chi connectivity index (χ1v) is 5.78. The van der Waals surface area contributed by atoms with Gasteiger partial charge in [0.1, 0.15) is 6.54 Å². The second-order valence-corrected chi connectivity index (χ2v) is 5.39. The lowest BCUT2D eigenvalue weighted by molar-refractivity contribution is -0.137. The fourth-order valence-corrected chi connectivity index (χ4v) is 1.43. The quantitative estimate of drug-likeness (QED) is 0.773. The van der Waals surface area contributed by atoms with E-state index in [4.69, 9.17) is 11.5 Å². The lowest BCUT2D eigenvalue weighted by Crippen LogP contribution is -2.50. The Kier molecular flexibility index (Phi) is 5.70. The highest BCUT2D eigenvalue weighted by Gasteiger charge is 2.29. The molecule has 0 aliphatic carbocycles. The number of carboxylic acid groups (broad SMARTS) is 1. The smallest absolute Gasteiger partial charge is 0.323 e. The Morgan fingerprint density at radius 3 is 2.22 bits per heavy atom. The molecular weight excluding hydrogens is 232 g/mol. The van der Waals surface area contributed by atoms with Crippen LogP contribution in [0.15, 0.2) is 0 Å². The molecule has 0 aromatic carbocycles. The first-order chi connectivity index (χ1) is 8.11. The summed E-state index contributed by atoms with van der Waals surface area (Å²) in [5.41, 5.74) is -0.0879. The maximum absolute atomic E-state index is 12.1. The molecular formula is C13H22N2O3. The molecule has 1 N–H and O–H groups in total. The van der Waals surface area contributed by atoms with Crippen molar-refractivity contribution in [1.29, 1.82) is 0 Å². The van der Waals surface area contributed by atoms with Gasteiger partial charge in [-0.25, -0.2) is 4.79 Å². The fourth-order valence-electron chi connectivity index (χ4n) is 1.43. The second kappa shape index (κ2) is 6.29. The molecule has 5 heteroatoms. The number of nitrogens with zero attached hydrogens (tertiary/aromatic N) is 2. The SMILES string of the molecule is C#CCN(CC(=O)O)C(=O)N(C)C(C)C(C)(C)C. The molecule has 0 heterocycles. The maximum Gasteiger partial charge on any atom is 0.323 e. The van der Waals surface area contributed by atoms with Gasteiger partial charge in [0, 0.05) is 13.1 Å². The van der Waals surface area contributed by atoms with Gasteiger partial charge in [0.15, 0.2) is 0 Å². The van der Waals surface area contributed by atoms with E-state index in [1.807, 2.05) is 27.7 Å². The lowest BCUT2D eigenvalue weighted by Gasteiger charge is -2.37. The molecule has 0 bridgehead atoms. The first kappa shape index (κ1) is 16.3. The zero-order valence-corrected chi connectivity index (χ0v) is 11.7. The van der Waals surface area contributed by atoms with Crippen LogP contribution in [0.4, 0.5) is 4.79 Å². The van der Waals surface area contributed by atoms with E-state index < -0.39 is 5.97 Å². The summed E-state index contributed by atoms with van der Waals surface area (Å²) in [6, 6.07) is -0.392. The number of amides is 2. The van der Waals surface area contributed by atoms with Crippen LogP contribution in [-0.4, -0.2) is 53.1 Å². The number of carboxylic acids is 1. The Morgan fingerprint density at radius 1 is 1.39 bits per heavy atom. The molecule has 0 saturated carbocycles. The molecule has 0 saturated heterocycles. The third-order valence-electron chi connectivity index (χ3n) is 3.01. The summed E-state index contributed by atoms with van der Waals surface area (Å²) in [5, 5.41) is 8.76. The van der Waals surface area contributed by atoms with E-state index in [9.17, 15) is 9.59 Å². The largest absolute Gasteiger partial charge is 0.480 e. The summed E-state index contributed by atoms with van der Waals surface area (Å²) in [5.74, 6) is 1.23. The van der Waals surface area contributed by atoms with Gasteiger partial charge in [0.2, 0.25) is 0 Å². The summed E-state index contributed by atoms with van der Waals surface area (Å²) in [4.78, 5) is 25.5. The zero-order valence-electron chi connectivity index (χ0n) is 11.7. The molecule has 5 nitrogen and oxygen atoms in total. The molecule has 0 aliphatic rings. The van der Waals surface area contributed by atoms with Gasteiger partial charge < -0.3 is 14.9 Å². The van der Waals surface area contributed by atoms with Crippen molar-refractivity contribution < 1.29 is 14.7 Å². The molecule has 0 radical (unpaired) electrons. The van der Waals surface area contributed by atoms with E-state index in [1.165, 1.54) is 4.90 Å². The van der Waals surface area contributed by atoms with Gasteiger partial charge in [0.05, 0.1) is 6.54 Å². The van der Waals surface area contributed by atoms with Gasteiger partial charge in [-0.1, -0.05) is 26.7 Å². The minimum absolute atomic E-state index is 0.00760. The van der Waals surface area contributed by atoms with Crippen molar-refractivity contribution in [3.8, 4) is 12.3 Å². The molecule has 0 aliphatic heterocycles. The molecule has 1 unspecified atom stereocenters. The number of carbonyl (C=O) groups is 2. The second-order valence-electron chi connectivity index (χ2n) is 5.39. The number of urea groups is 1. The molecule has 0 fully saturated rings. The van der Waals surface area contributed by atoms with E-state index in [0.29, 0.717) is 0 Å². The molecule has 102 valence electrons. The third-order valence-corrected chi connectivity index (χ3v) is 3.01. The number of terminal acetylenes is 1. The van der Waals surface area contributed by atoms with Crippen LogP contribution in [0.3, 0.4) is 0 Å². The Morgan fingerprint density at radius 2 is 1.89 bits per heavy atom. The summed E-state index contributed by atoms with van der Waals surface area (Å²) < 4.78 is 0. The number of hydrogen-bond acceptors (Lipinski definition) is 2. The van der Waals surface area contributed by atoms with E-state index in [-0.39, 0.29) is 30.6 Å². The standard InChI is InChI=1S/C13H22N2O3/c1-7-8-15(9-11(16)17)12(18)14(6)10(2)13(3,4)5/h1,10H,8-9H2,2-6H3,(H,16,17). The highest BCUT2D eigenvalue weighted by atomic mass is 16.4. The molecule has 1 atom stereocenters. The summed E-state index contributed by atoms with van der Waals surface area (Å²) >= 11 is 0. The average molecular weight is 254 g/mol. The number of carbonyl (C=O) groups excluding carboxylic acids is 1. The van der Waals surface area contributed by atoms with Crippen LogP contribution in [0.25, 0.3) is 0 Å². The van der Waals surface area contributed by atoms with Gasteiger partial charge in [-0.2, -0.15) is 0 Å². The first-order valence-electron chi connectivity index (χ1n) is 5.78. The predicted octanol–water partition coefficient (Wildman–Crippen LogP) is 1.49. The van der Waals surface area contributed by atoms with Crippen molar-refractivity contribution in [3.63, 3.8) is 0 Å². The van der Waals surface area contributed by atoms with Crippen molar-refractivity contribution in [2.24, 2.45) is 5.41 Å². The van der Waals surface area contributed by atoms with Crippen LogP contribution in [0.2, 0.25) is 0 Å². The van der Waals surface area contributed by atoms with Gasteiger partial charge >= 0.3 is 12.0 Å². The van der Waals surface area contributed by atoms with Crippen molar-refractivity contribution in [3.05, 3.63) is 0 Å². The summed E-state index contributed by atoms with van der Waals surface area (Å²) in [6.07, 6.45) is 5.15. The summed E-state index contributed by atoms with van der Waals surface area (Å²) in [6.45, 7) is 7.59. The van der Waals surface area contributed by atoms with Crippen molar-refractivity contribution in [2.45, 2.75) is 33.7 Å². The number of aliphatic carboxylic acids is 1. The Balaban J connectivity index is 4.87. The van der Waals surface area contributed by atoms with E-state index >= 15 is 0 Å². The zero-order chi connectivity index (χ0) is 14.5.